The number of nitrogens with one attached hydrogen (secondary N) is 1. The van der Waals surface area contributed by atoms with E-state index in [-0.39, 0.29) is 6.04 Å². The molecule has 1 aliphatic rings. The van der Waals surface area contributed by atoms with Gasteiger partial charge in [-0.05, 0) is 48.4 Å². The Balaban J connectivity index is 1.66. The first-order chi connectivity index (χ1) is 13.4. The number of benzene rings is 3. The molecular formula is C24H26N2O. The molecule has 4 rings (SSSR count). The molecule has 1 saturated heterocycles. The summed E-state index contributed by atoms with van der Waals surface area (Å²) in [6, 6.07) is 29.5. The molecule has 1 N–H and O–H groups in total. The van der Waals surface area contributed by atoms with Crippen LogP contribution in [-0.4, -0.2) is 31.1 Å². The minimum atomic E-state index is 0.241. The van der Waals surface area contributed by atoms with Gasteiger partial charge in [0.25, 0.3) is 0 Å². The smallest absolute Gasteiger partial charge is 0.127 e. The molecular weight excluding hydrogens is 332 g/mol. The average molecular weight is 358 g/mol. The van der Waals surface area contributed by atoms with Crippen molar-refractivity contribution < 1.29 is 4.74 Å². The van der Waals surface area contributed by atoms with E-state index in [1.54, 1.807) is 0 Å². The Morgan fingerprint density at radius 2 is 1.41 bits per heavy atom. The highest BCUT2D eigenvalue weighted by atomic mass is 16.5. The van der Waals surface area contributed by atoms with Crippen LogP contribution < -0.4 is 10.1 Å². The minimum absolute atomic E-state index is 0.241. The van der Waals surface area contributed by atoms with Crippen LogP contribution in [0.4, 0.5) is 0 Å². The van der Waals surface area contributed by atoms with Gasteiger partial charge in [-0.2, -0.15) is 0 Å². The number of para-hydroxylation sites is 1. The van der Waals surface area contributed by atoms with E-state index in [4.69, 9.17) is 4.74 Å². The van der Waals surface area contributed by atoms with Crippen molar-refractivity contribution in [1.29, 1.82) is 0 Å². The standard InChI is InChI=1S/C24H26N2O/c1-3-9-20(10-4-1)24(26-17-8-15-25-16-18-26)21-11-7-14-23(19-21)27-22-12-5-2-6-13-22/h1-7,9-14,19,24-25H,8,15-18H2. The highest BCUT2D eigenvalue weighted by Crippen LogP contribution is 2.32. The van der Waals surface area contributed by atoms with Crippen molar-refractivity contribution in [2.45, 2.75) is 12.5 Å². The molecule has 0 amide bonds. The summed E-state index contributed by atoms with van der Waals surface area (Å²) >= 11 is 0. The topological polar surface area (TPSA) is 24.5 Å². The predicted octanol–water partition coefficient (Wildman–Crippen LogP) is 4.86. The highest BCUT2D eigenvalue weighted by Gasteiger charge is 2.23. The van der Waals surface area contributed by atoms with E-state index in [0.29, 0.717) is 0 Å². The summed E-state index contributed by atoms with van der Waals surface area (Å²) in [5.41, 5.74) is 2.60. The fourth-order valence-electron chi connectivity index (χ4n) is 3.75. The Hall–Kier alpha value is -2.62. The van der Waals surface area contributed by atoms with Crippen molar-refractivity contribution in [3.05, 3.63) is 96.1 Å². The summed E-state index contributed by atoms with van der Waals surface area (Å²) < 4.78 is 6.09. The van der Waals surface area contributed by atoms with Crippen molar-refractivity contribution in [3.8, 4) is 11.5 Å². The number of rotatable bonds is 5. The van der Waals surface area contributed by atoms with Crippen LogP contribution in [0.5, 0.6) is 11.5 Å². The summed E-state index contributed by atoms with van der Waals surface area (Å²) in [5.74, 6) is 1.75. The van der Waals surface area contributed by atoms with Crippen LogP contribution in [0.25, 0.3) is 0 Å². The number of hydrogen-bond donors (Lipinski definition) is 1. The quantitative estimate of drug-likeness (QED) is 0.705. The van der Waals surface area contributed by atoms with Crippen molar-refractivity contribution in [1.82, 2.24) is 10.2 Å². The lowest BCUT2D eigenvalue weighted by atomic mass is 9.96. The van der Waals surface area contributed by atoms with Crippen LogP contribution in [0.15, 0.2) is 84.9 Å². The first-order valence-corrected chi connectivity index (χ1v) is 9.73. The van der Waals surface area contributed by atoms with Crippen LogP contribution in [0.3, 0.4) is 0 Å². The molecule has 0 aromatic heterocycles. The van der Waals surface area contributed by atoms with E-state index in [2.05, 4.69) is 58.7 Å². The van der Waals surface area contributed by atoms with Gasteiger partial charge in [-0.25, -0.2) is 0 Å². The summed E-state index contributed by atoms with van der Waals surface area (Å²) in [4.78, 5) is 2.58. The zero-order chi connectivity index (χ0) is 18.3. The second kappa shape index (κ2) is 8.85. The maximum absolute atomic E-state index is 6.09. The molecule has 3 heteroatoms. The van der Waals surface area contributed by atoms with E-state index in [1.165, 1.54) is 17.5 Å². The Bertz CT molecular complexity index is 827. The molecule has 1 atom stereocenters. The summed E-state index contributed by atoms with van der Waals surface area (Å²) in [7, 11) is 0. The molecule has 138 valence electrons. The van der Waals surface area contributed by atoms with E-state index >= 15 is 0 Å². The number of hydrogen-bond acceptors (Lipinski definition) is 3. The van der Waals surface area contributed by atoms with E-state index in [1.807, 2.05) is 36.4 Å². The first kappa shape index (κ1) is 17.8. The number of nitrogens with zero attached hydrogens (tertiary/aromatic N) is 1. The lowest BCUT2D eigenvalue weighted by Crippen LogP contribution is -2.33. The zero-order valence-corrected chi connectivity index (χ0v) is 15.6. The van der Waals surface area contributed by atoms with Gasteiger partial charge in [0.15, 0.2) is 0 Å². The molecule has 0 spiro atoms. The summed E-state index contributed by atoms with van der Waals surface area (Å²) in [6.07, 6.45) is 1.17. The van der Waals surface area contributed by atoms with Gasteiger partial charge in [-0.15, -0.1) is 0 Å². The second-order valence-corrected chi connectivity index (χ2v) is 6.94. The van der Waals surface area contributed by atoms with Gasteiger partial charge in [-0.3, -0.25) is 4.90 Å². The maximum atomic E-state index is 6.09. The van der Waals surface area contributed by atoms with Crippen LogP contribution in [0, 0.1) is 0 Å². The fraction of sp³-hybridized carbons (Fsp3) is 0.250. The third-order valence-electron chi connectivity index (χ3n) is 5.01. The first-order valence-electron chi connectivity index (χ1n) is 9.73. The Morgan fingerprint density at radius 1 is 0.704 bits per heavy atom. The summed E-state index contributed by atoms with van der Waals surface area (Å²) in [5, 5.41) is 3.51. The highest BCUT2D eigenvalue weighted by molar-refractivity contribution is 5.39. The molecule has 1 unspecified atom stereocenters. The maximum Gasteiger partial charge on any atom is 0.127 e. The van der Waals surface area contributed by atoms with Gasteiger partial charge in [0.05, 0.1) is 6.04 Å². The molecule has 1 fully saturated rings. The molecule has 3 nitrogen and oxygen atoms in total. The van der Waals surface area contributed by atoms with Crippen molar-refractivity contribution in [2.75, 3.05) is 26.2 Å². The molecule has 1 aliphatic heterocycles. The van der Waals surface area contributed by atoms with Crippen LogP contribution in [0.2, 0.25) is 0 Å². The van der Waals surface area contributed by atoms with Gasteiger partial charge in [0.2, 0.25) is 0 Å². The van der Waals surface area contributed by atoms with Gasteiger partial charge in [0.1, 0.15) is 11.5 Å². The third-order valence-corrected chi connectivity index (χ3v) is 5.01. The van der Waals surface area contributed by atoms with Gasteiger partial charge in [-0.1, -0.05) is 60.7 Å². The molecule has 3 aromatic carbocycles. The van der Waals surface area contributed by atoms with Gasteiger partial charge in [0, 0.05) is 19.6 Å². The Labute approximate surface area is 161 Å². The molecule has 0 radical (unpaired) electrons. The van der Waals surface area contributed by atoms with E-state index in [9.17, 15) is 0 Å². The fourth-order valence-corrected chi connectivity index (χ4v) is 3.75. The molecule has 0 bridgehead atoms. The zero-order valence-electron chi connectivity index (χ0n) is 15.6. The van der Waals surface area contributed by atoms with Crippen molar-refractivity contribution >= 4 is 0 Å². The predicted molar refractivity (Wildman–Crippen MR) is 110 cm³/mol. The number of ether oxygens (including phenoxy) is 1. The monoisotopic (exact) mass is 358 g/mol. The van der Waals surface area contributed by atoms with Crippen molar-refractivity contribution in [3.63, 3.8) is 0 Å². The molecule has 1 heterocycles. The Kier molecular flexibility index (Phi) is 5.83. The molecule has 0 saturated carbocycles. The second-order valence-electron chi connectivity index (χ2n) is 6.94. The normalized spacial score (nSPS) is 16.4. The molecule has 0 aliphatic carbocycles. The Morgan fingerprint density at radius 3 is 2.22 bits per heavy atom. The van der Waals surface area contributed by atoms with Crippen LogP contribution >= 0.6 is 0 Å². The van der Waals surface area contributed by atoms with E-state index < -0.39 is 0 Å². The van der Waals surface area contributed by atoms with Gasteiger partial charge < -0.3 is 10.1 Å². The van der Waals surface area contributed by atoms with Crippen LogP contribution in [0.1, 0.15) is 23.6 Å². The SMILES string of the molecule is c1ccc(Oc2cccc(C(c3ccccc3)N3CCCNCC3)c2)cc1. The summed E-state index contributed by atoms with van der Waals surface area (Å²) in [6.45, 7) is 4.26. The third kappa shape index (κ3) is 4.57. The van der Waals surface area contributed by atoms with Crippen molar-refractivity contribution in [2.24, 2.45) is 0 Å². The minimum Gasteiger partial charge on any atom is -0.457 e. The van der Waals surface area contributed by atoms with E-state index in [0.717, 1.165) is 37.7 Å². The average Bonchev–Trinajstić information content (AvgIpc) is 3.00. The lowest BCUT2D eigenvalue weighted by Gasteiger charge is -2.31. The van der Waals surface area contributed by atoms with Gasteiger partial charge >= 0.3 is 0 Å². The molecule has 3 aromatic rings. The molecule has 27 heavy (non-hydrogen) atoms. The largest absolute Gasteiger partial charge is 0.457 e. The van der Waals surface area contributed by atoms with Crippen LogP contribution in [-0.2, 0) is 0 Å². The lowest BCUT2D eigenvalue weighted by molar-refractivity contribution is 0.241.